The standard InChI is InChI=1S/C16H24N2O/c1-3-13-9-10-17-15(11-13)16(19)18(2)12-14-7-5-4-6-8-14/h4-8,13,15,17H,3,9-12H2,1-2H3. The van der Waals surface area contributed by atoms with Gasteiger partial charge in [0.25, 0.3) is 0 Å². The molecular formula is C16H24N2O. The fourth-order valence-electron chi connectivity index (χ4n) is 2.76. The second-order valence-corrected chi connectivity index (χ2v) is 5.49. The second-order valence-electron chi connectivity index (χ2n) is 5.49. The second kappa shape index (κ2) is 6.71. The van der Waals surface area contributed by atoms with Crippen LogP contribution in [0.5, 0.6) is 0 Å². The molecule has 2 rings (SSSR count). The van der Waals surface area contributed by atoms with E-state index in [1.807, 2.05) is 30.1 Å². The number of nitrogens with one attached hydrogen (secondary N) is 1. The smallest absolute Gasteiger partial charge is 0.239 e. The van der Waals surface area contributed by atoms with E-state index in [1.165, 1.54) is 18.4 Å². The maximum absolute atomic E-state index is 12.4. The number of amides is 1. The molecule has 1 N–H and O–H groups in total. The number of hydrogen-bond acceptors (Lipinski definition) is 2. The summed E-state index contributed by atoms with van der Waals surface area (Å²) in [6.07, 6.45) is 3.35. The summed E-state index contributed by atoms with van der Waals surface area (Å²) < 4.78 is 0. The lowest BCUT2D eigenvalue weighted by molar-refractivity contribution is -0.133. The molecule has 0 spiro atoms. The molecule has 1 aromatic carbocycles. The van der Waals surface area contributed by atoms with Crippen LogP contribution in [0.15, 0.2) is 30.3 Å². The molecule has 1 heterocycles. The SMILES string of the molecule is CCC1CCNC(C(=O)N(C)Cc2ccccc2)C1. The van der Waals surface area contributed by atoms with Crippen molar-refractivity contribution in [2.75, 3.05) is 13.6 Å². The highest BCUT2D eigenvalue weighted by Crippen LogP contribution is 2.20. The van der Waals surface area contributed by atoms with E-state index in [-0.39, 0.29) is 11.9 Å². The molecule has 1 fully saturated rings. The lowest BCUT2D eigenvalue weighted by atomic mass is 9.90. The molecule has 1 aromatic rings. The van der Waals surface area contributed by atoms with Crippen LogP contribution in [0.1, 0.15) is 31.7 Å². The van der Waals surface area contributed by atoms with E-state index >= 15 is 0 Å². The molecule has 0 aromatic heterocycles. The Hall–Kier alpha value is -1.35. The van der Waals surface area contributed by atoms with Gasteiger partial charge < -0.3 is 10.2 Å². The summed E-state index contributed by atoms with van der Waals surface area (Å²) in [5.41, 5.74) is 1.18. The predicted octanol–water partition coefficient (Wildman–Crippen LogP) is 2.42. The molecule has 0 radical (unpaired) electrons. The van der Waals surface area contributed by atoms with E-state index in [4.69, 9.17) is 0 Å². The first-order chi connectivity index (χ1) is 9.20. The molecule has 1 amide bonds. The minimum Gasteiger partial charge on any atom is -0.340 e. The van der Waals surface area contributed by atoms with Gasteiger partial charge in [0.2, 0.25) is 5.91 Å². The van der Waals surface area contributed by atoms with Crippen molar-refractivity contribution in [1.82, 2.24) is 10.2 Å². The average molecular weight is 260 g/mol. The molecule has 0 aliphatic carbocycles. The summed E-state index contributed by atoms with van der Waals surface area (Å²) in [6.45, 7) is 3.87. The van der Waals surface area contributed by atoms with Gasteiger partial charge in [-0.15, -0.1) is 0 Å². The zero-order valence-corrected chi connectivity index (χ0v) is 11.9. The predicted molar refractivity (Wildman–Crippen MR) is 77.7 cm³/mol. The van der Waals surface area contributed by atoms with Gasteiger partial charge in [0, 0.05) is 13.6 Å². The third-order valence-electron chi connectivity index (χ3n) is 4.03. The van der Waals surface area contributed by atoms with Crippen molar-refractivity contribution in [2.24, 2.45) is 5.92 Å². The maximum Gasteiger partial charge on any atom is 0.239 e. The van der Waals surface area contributed by atoms with Crippen molar-refractivity contribution in [3.05, 3.63) is 35.9 Å². The minimum atomic E-state index is 0.00686. The molecule has 0 saturated carbocycles. The van der Waals surface area contributed by atoms with Gasteiger partial charge in [0.15, 0.2) is 0 Å². The number of piperidine rings is 1. The average Bonchev–Trinajstić information content (AvgIpc) is 2.47. The van der Waals surface area contributed by atoms with Crippen molar-refractivity contribution >= 4 is 5.91 Å². The Morgan fingerprint density at radius 3 is 2.79 bits per heavy atom. The first-order valence-electron chi connectivity index (χ1n) is 7.23. The van der Waals surface area contributed by atoms with Crippen LogP contribution in [0.3, 0.4) is 0 Å². The van der Waals surface area contributed by atoms with Crippen molar-refractivity contribution < 1.29 is 4.79 Å². The molecule has 1 aliphatic heterocycles. The van der Waals surface area contributed by atoms with Gasteiger partial charge >= 0.3 is 0 Å². The molecule has 2 unspecified atom stereocenters. The number of carbonyl (C=O) groups excluding carboxylic acids is 1. The van der Waals surface area contributed by atoms with E-state index in [2.05, 4.69) is 24.4 Å². The summed E-state index contributed by atoms with van der Waals surface area (Å²) in [6, 6.07) is 10.2. The van der Waals surface area contributed by atoms with E-state index in [9.17, 15) is 4.79 Å². The van der Waals surface area contributed by atoms with Crippen LogP contribution in [0.2, 0.25) is 0 Å². The zero-order chi connectivity index (χ0) is 13.7. The largest absolute Gasteiger partial charge is 0.340 e. The Bertz CT molecular complexity index is 404. The van der Waals surface area contributed by atoms with Crippen LogP contribution in [0.25, 0.3) is 0 Å². The van der Waals surface area contributed by atoms with Crippen LogP contribution in [-0.2, 0) is 11.3 Å². The van der Waals surface area contributed by atoms with Crippen molar-refractivity contribution in [1.29, 1.82) is 0 Å². The van der Waals surface area contributed by atoms with Gasteiger partial charge in [-0.3, -0.25) is 4.79 Å². The van der Waals surface area contributed by atoms with Gasteiger partial charge in [-0.1, -0.05) is 43.7 Å². The summed E-state index contributed by atoms with van der Waals surface area (Å²) in [5, 5.41) is 3.36. The molecule has 3 heteroatoms. The fourth-order valence-corrected chi connectivity index (χ4v) is 2.76. The molecule has 0 bridgehead atoms. The molecule has 1 aliphatic rings. The van der Waals surface area contributed by atoms with Gasteiger partial charge in [-0.2, -0.15) is 0 Å². The number of likely N-dealkylation sites (N-methyl/N-ethyl adjacent to an activating group) is 1. The molecule has 3 nitrogen and oxygen atoms in total. The van der Waals surface area contributed by atoms with E-state index in [0.29, 0.717) is 12.5 Å². The number of carbonyl (C=O) groups is 1. The monoisotopic (exact) mass is 260 g/mol. The Labute approximate surface area is 116 Å². The quantitative estimate of drug-likeness (QED) is 0.901. The number of hydrogen-bond donors (Lipinski definition) is 1. The van der Waals surface area contributed by atoms with Gasteiger partial charge in [-0.25, -0.2) is 0 Å². The molecule has 1 saturated heterocycles. The first kappa shape index (κ1) is 14.1. The lowest BCUT2D eigenvalue weighted by Crippen LogP contribution is -2.49. The topological polar surface area (TPSA) is 32.3 Å². The zero-order valence-electron chi connectivity index (χ0n) is 11.9. The normalized spacial score (nSPS) is 23.1. The van der Waals surface area contributed by atoms with Crippen LogP contribution < -0.4 is 5.32 Å². The third kappa shape index (κ3) is 3.80. The minimum absolute atomic E-state index is 0.00686. The summed E-state index contributed by atoms with van der Waals surface area (Å²) in [4.78, 5) is 14.3. The van der Waals surface area contributed by atoms with Crippen LogP contribution in [0, 0.1) is 5.92 Å². The van der Waals surface area contributed by atoms with E-state index in [0.717, 1.165) is 13.0 Å². The Kier molecular flexibility index (Phi) is 4.97. The van der Waals surface area contributed by atoms with E-state index in [1.54, 1.807) is 0 Å². The maximum atomic E-state index is 12.4. The van der Waals surface area contributed by atoms with Crippen molar-refractivity contribution in [3.8, 4) is 0 Å². The summed E-state index contributed by atoms with van der Waals surface area (Å²) in [7, 11) is 1.90. The van der Waals surface area contributed by atoms with Crippen molar-refractivity contribution in [2.45, 2.75) is 38.8 Å². The third-order valence-corrected chi connectivity index (χ3v) is 4.03. The Morgan fingerprint density at radius 1 is 1.37 bits per heavy atom. The molecule has 104 valence electrons. The number of benzene rings is 1. The Balaban J connectivity index is 1.91. The molecular weight excluding hydrogens is 236 g/mol. The van der Waals surface area contributed by atoms with Crippen molar-refractivity contribution in [3.63, 3.8) is 0 Å². The lowest BCUT2D eigenvalue weighted by Gasteiger charge is -2.31. The summed E-state index contributed by atoms with van der Waals surface area (Å²) >= 11 is 0. The fraction of sp³-hybridized carbons (Fsp3) is 0.562. The summed E-state index contributed by atoms with van der Waals surface area (Å²) in [5.74, 6) is 0.919. The van der Waals surface area contributed by atoms with Gasteiger partial charge in [0.05, 0.1) is 6.04 Å². The number of nitrogens with zero attached hydrogens (tertiary/aromatic N) is 1. The van der Waals surface area contributed by atoms with Gasteiger partial charge in [-0.05, 0) is 30.9 Å². The molecule has 19 heavy (non-hydrogen) atoms. The highest BCUT2D eigenvalue weighted by molar-refractivity contribution is 5.81. The highest BCUT2D eigenvalue weighted by atomic mass is 16.2. The number of rotatable bonds is 4. The highest BCUT2D eigenvalue weighted by Gasteiger charge is 2.27. The Morgan fingerprint density at radius 2 is 2.11 bits per heavy atom. The van der Waals surface area contributed by atoms with Gasteiger partial charge in [0.1, 0.15) is 0 Å². The first-order valence-corrected chi connectivity index (χ1v) is 7.23. The molecule has 2 atom stereocenters. The van der Waals surface area contributed by atoms with E-state index < -0.39 is 0 Å². The van der Waals surface area contributed by atoms with Crippen LogP contribution in [0.4, 0.5) is 0 Å². The van der Waals surface area contributed by atoms with Crippen LogP contribution in [-0.4, -0.2) is 30.4 Å². The van der Waals surface area contributed by atoms with Crippen LogP contribution >= 0.6 is 0 Å².